The minimum Gasteiger partial charge on any atom is -0.469 e. The van der Waals surface area contributed by atoms with Crippen LogP contribution in [0.3, 0.4) is 0 Å². The highest BCUT2D eigenvalue weighted by Gasteiger charge is 2.38. The molecule has 0 aromatic carbocycles. The van der Waals surface area contributed by atoms with E-state index in [0.717, 1.165) is 0 Å². The van der Waals surface area contributed by atoms with Gasteiger partial charge in [-0.2, -0.15) is 0 Å². The number of hydrogen-bond acceptors (Lipinski definition) is 5. The van der Waals surface area contributed by atoms with Crippen molar-refractivity contribution < 1.29 is 24.9 Å². The molecule has 1 rings (SSSR count). The summed E-state index contributed by atoms with van der Waals surface area (Å²) >= 11 is 0. The van der Waals surface area contributed by atoms with Crippen molar-refractivity contribution in [3.05, 3.63) is 0 Å². The average Bonchev–Trinajstić information content (AvgIpc) is 2.26. The summed E-state index contributed by atoms with van der Waals surface area (Å²) in [6.45, 7) is 4.00. The second kappa shape index (κ2) is 6.76. The largest absolute Gasteiger partial charge is 0.469 e. The number of carbonyl (C=O) groups excluding carboxylic acids is 1. The van der Waals surface area contributed by atoms with E-state index in [1.807, 2.05) is 13.8 Å². The van der Waals surface area contributed by atoms with Gasteiger partial charge in [-0.1, -0.05) is 13.8 Å². The van der Waals surface area contributed by atoms with Crippen LogP contribution in [0, 0.1) is 5.92 Å². The first kappa shape index (κ1) is 14.3. The summed E-state index contributed by atoms with van der Waals surface area (Å²) in [7, 11) is 1.26. The van der Waals surface area contributed by atoms with Gasteiger partial charge in [0.1, 0.15) is 6.10 Å². The van der Waals surface area contributed by atoms with Crippen LogP contribution in [0.25, 0.3) is 0 Å². The zero-order valence-electron chi connectivity index (χ0n) is 9.38. The van der Waals surface area contributed by atoms with Crippen LogP contribution in [0.15, 0.2) is 0 Å². The molecule has 0 aromatic rings. The Morgan fingerprint density at radius 3 is 1.87 bits per heavy atom. The molecule has 0 aliphatic heterocycles. The summed E-state index contributed by atoms with van der Waals surface area (Å²) in [6.07, 6.45) is -2.96. The molecule has 0 spiro atoms. The molecule has 0 bridgehead atoms. The Labute approximate surface area is 89.7 Å². The quantitative estimate of drug-likeness (QED) is 0.527. The van der Waals surface area contributed by atoms with Gasteiger partial charge >= 0.3 is 5.97 Å². The number of ether oxygens (including phenoxy) is 1. The highest BCUT2D eigenvalue weighted by atomic mass is 16.5. The van der Waals surface area contributed by atoms with Gasteiger partial charge < -0.3 is 20.1 Å². The minimum atomic E-state index is -1.15. The molecule has 3 N–H and O–H groups in total. The topological polar surface area (TPSA) is 87.0 Å². The molecule has 1 aliphatic carbocycles. The van der Waals surface area contributed by atoms with Crippen molar-refractivity contribution in [1.82, 2.24) is 0 Å². The predicted octanol–water partition coefficient (Wildman–Crippen LogP) is -0.322. The third-order valence-electron chi connectivity index (χ3n) is 2.37. The maximum atomic E-state index is 11.0. The molecular weight excluding hydrogens is 200 g/mol. The van der Waals surface area contributed by atoms with Crippen LogP contribution in [0.2, 0.25) is 0 Å². The van der Waals surface area contributed by atoms with Crippen LogP contribution < -0.4 is 0 Å². The fraction of sp³-hybridized carbons (Fsp3) is 0.900. The van der Waals surface area contributed by atoms with E-state index in [4.69, 9.17) is 5.11 Å². The smallest absolute Gasteiger partial charge is 0.308 e. The van der Waals surface area contributed by atoms with Gasteiger partial charge in [0, 0.05) is 0 Å². The highest BCUT2D eigenvalue weighted by molar-refractivity contribution is 5.72. The minimum absolute atomic E-state index is 0.144. The van der Waals surface area contributed by atoms with Gasteiger partial charge in [-0.05, 0) is 12.8 Å². The summed E-state index contributed by atoms with van der Waals surface area (Å²) < 4.78 is 4.48. The molecule has 1 fully saturated rings. The first-order chi connectivity index (χ1) is 7.06. The molecule has 0 aromatic heterocycles. The third-order valence-corrected chi connectivity index (χ3v) is 2.37. The fourth-order valence-electron chi connectivity index (χ4n) is 1.57. The van der Waals surface area contributed by atoms with Gasteiger partial charge in [0.15, 0.2) is 0 Å². The zero-order chi connectivity index (χ0) is 12.0. The van der Waals surface area contributed by atoms with Crippen LogP contribution in [0.1, 0.15) is 26.7 Å². The Morgan fingerprint density at radius 1 is 1.13 bits per heavy atom. The summed E-state index contributed by atoms with van der Waals surface area (Å²) in [5, 5.41) is 27.7. The van der Waals surface area contributed by atoms with Crippen molar-refractivity contribution in [2.75, 3.05) is 7.11 Å². The van der Waals surface area contributed by atoms with Gasteiger partial charge in [0.25, 0.3) is 0 Å². The predicted molar refractivity (Wildman–Crippen MR) is 54.1 cm³/mol. The van der Waals surface area contributed by atoms with E-state index in [1.54, 1.807) is 0 Å². The summed E-state index contributed by atoms with van der Waals surface area (Å²) in [5.41, 5.74) is 0. The molecule has 15 heavy (non-hydrogen) atoms. The van der Waals surface area contributed by atoms with Crippen LogP contribution in [0.5, 0.6) is 0 Å². The van der Waals surface area contributed by atoms with Gasteiger partial charge in [0.2, 0.25) is 0 Å². The molecule has 2 unspecified atom stereocenters. The second-order valence-corrected chi connectivity index (χ2v) is 3.32. The Bertz CT molecular complexity index is 182. The molecule has 0 heterocycles. The van der Waals surface area contributed by atoms with Gasteiger partial charge in [-0.3, -0.25) is 4.79 Å². The number of aliphatic hydroxyl groups is 3. The maximum absolute atomic E-state index is 11.0. The van der Waals surface area contributed by atoms with Crippen molar-refractivity contribution in [3.63, 3.8) is 0 Å². The molecule has 5 nitrogen and oxygen atoms in total. The molecule has 0 radical (unpaired) electrons. The van der Waals surface area contributed by atoms with Crippen LogP contribution in [-0.2, 0) is 9.53 Å². The monoisotopic (exact) mass is 220 g/mol. The van der Waals surface area contributed by atoms with E-state index in [0.29, 0.717) is 0 Å². The Morgan fingerprint density at radius 2 is 1.53 bits per heavy atom. The molecule has 2 atom stereocenters. The number of methoxy groups -OCH3 is 1. The summed E-state index contributed by atoms with van der Waals surface area (Å²) in [6, 6.07) is 0. The Hall–Kier alpha value is -0.650. The summed E-state index contributed by atoms with van der Waals surface area (Å²) in [5.74, 6) is -0.969. The van der Waals surface area contributed by atoms with E-state index < -0.39 is 30.2 Å². The Balaban J connectivity index is 0.000000921. The number of esters is 1. The number of rotatable bonds is 1. The number of aliphatic hydroxyl groups excluding tert-OH is 3. The van der Waals surface area contributed by atoms with Crippen LogP contribution in [0.4, 0.5) is 0 Å². The first-order valence-electron chi connectivity index (χ1n) is 5.18. The van der Waals surface area contributed by atoms with E-state index in [-0.39, 0.29) is 12.8 Å². The number of hydrogen-bond donors (Lipinski definition) is 3. The molecule has 90 valence electrons. The van der Waals surface area contributed by atoms with Crippen LogP contribution >= 0.6 is 0 Å². The van der Waals surface area contributed by atoms with Crippen molar-refractivity contribution >= 4 is 5.97 Å². The van der Waals surface area contributed by atoms with E-state index in [2.05, 4.69) is 4.74 Å². The van der Waals surface area contributed by atoms with E-state index in [1.165, 1.54) is 7.11 Å². The summed E-state index contributed by atoms with van der Waals surface area (Å²) in [4.78, 5) is 11.0. The molecule has 1 saturated carbocycles. The highest BCUT2D eigenvalue weighted by Crippen LogP contribution is 2.25. The van der Waals surface area contributed by atoms with Crippen molar-refractivity contribution in [2.24, 2.45) is 5.92 Å². The lowest BCUT2D eigenvalue weighted by molar-refractivity contribution is -0.156. The maximum Gasteiger partial charge on any atom is 0.308 e. The molecule has 1 aliphatic rings. The average molecular weight is 220 g/mol. The van der Waals surface area contributed by atoms with E-state index >= 15 is 0 Å². The van der Waals surface area contributed by atoms with Crippen LogP contribution in [-0.4, -0.2) is 46.7 Å². The molecule has 0 amide bonds. The third kappa shape index (κ3) is 3.77. The molecule has 5 heteroatoms. The first-order valence-corrected chi connectivity index (χ1v) is 5.18. The van der Waals surface area contributed by atoms with Gasteiger partial charge in [0.05, 0.1) is 25.2 Å². The molecule has 0 saturated heterocycles. The SMILES string of the molecule is CC.COC(=O)C1CC(O)C(O)C(O)C1. The zero-order valence-corrected chi connectivity index (χ0v) is 9.38. The lowest BCUT2D eigenvalue weighted by atomic mass is 9.83. The Kier molecular flexibility index (Phi) is 6.47. The normalized spacial score (nSPS) is 35.1. The number of carbonyl (C=O) groups is 1. The van der Waals surface area contributed by atoms with E-state index in [9.17, 15) is 15.0 Å². The van der Waals surface area contributed by atoms with Crippen molar-refractivity contribution in [1.29, 1.82) is 0 Å². The standard InChI is InChI=1S/C8H14O5.C2H6/c1-13-8(12)4-2-5(9)7(11)6(10)3-4;1-2/h4-7,9-11H,2-3H2,1H3;1-2H3. The molecular formula is C10H20O5. The van der Waals surface area contributed by atoms with Gasteiger partial charge in [-0.25, -0.2) is 0 Å². The lowest BCUT2D eigenvalue weighted by Crippen LogP contribution is -2.46. The van der Waals surface area contributed by atoms with Crippen molar-refractivity contribution in [3.8, 4) is 0 Å². The van der Waals surface area contributed by atoms with Gasteiger partial charge in [-0.15, -0.1) is 0 Å². The lowest BCUT2D eigenvalue weighted by Gasteiger charge is -2.32. The fourth-order valence-corrected chi connectivity index (χ4v) is 1.57. The second-order valence-electron chi connectivity index (χ2n) is 3.32. The van der Waals surface area contributed by atoms with Crippen molar-refractivity contribution in [2.45, 2.75) is 45.0 Å².